The number of rotatable bonds is 0. The standard InChI is InChI=1S/C15H22O3/c1-9-5-4-6-10(2)13(16)14-12(8-7-9)11(3)15(17)18-14/h5,10-12,14H,4,6-8H2,1-3H3/b9-5+/t10-,11+,12+,14+/m1/s1. The minimum atomic E-state index is -0.492. The first-order valence-corrected chi connectivity index (χ1v) is 6.90. The fraction of sp³-hybridized carbons (Fsp3) is 0.733. The van der Waals surface area contributed by atoms with Crippen LogP contribution >= 0.6 is 0 Å². The molecule has 0 aromatic rings. The van der Waals surface area contributed by atoms with Crippen molar-refractivity contribution >= 4 is 11.8 Å². The molecule has 100 valence electrons. The highest BCUT2D eigenvalue weighted by Gasteiger charge is 2.46. The van der Waals surface area contributed by atoms with Gasteiger partial charge in [-0.1, -0.05) is 25.5 Å². The van der Waals surface area contributed by atoms with Crippen LogP contribution in [0.2, 0.25) is 0 Å². The lowest BCUT2D eigenvalue weighted by Crippen LogP contribution is -2.33. The average molecular weight is 250 g/mol. The Morgan fingerprint density at radius 1 is 1.22 bits per heavy atom. The molecule has 1 aliphatic carbocycles. The SMILES string of the molecule is C/C1=C\CC[C@@H](C)C(=O)[C@H]2OC(=O)[C@@H](C)[C@@H]2CC1. The Hall–Kier alpha value is -1.12. The van der Waals surface area contributed by atoms with Crippen molar-refractivity contribution in [2.75, 3.05) is 0 Å². The summed E-state index contributed by atoms with van der Waals surface area (Å²) in [5.74, 6) is -0.179. The largest absolute Gasteiger partial charge is 0.454 e. The lowest BCUT2D eigenvalue weighted by atomic mass is 9.81. The number of ether oxygens (including phenoxy) is 1. The van der Waals surface area contributed by atoms with Gasteiger partial charge >= 0.3 is 5.97 Å². The van der Waals surface area contributed by atoms with E-state index in [-0.39, 0.29) is 29.5 Å². The minimum Gasteiger partial charge on any atom is -0.454 e. The molecule has 2 aliphatic rings. The van der Waals surface area contributed by atoms with Gasteiger partial charge in [0, 0.05) is 11.8 Å². The Bertz CT molecular complexity index is 383. The van der Waals surface area contributed by atoms with Crippen molar-refractivity contribution in [1.29, 1.82) is 0 Å². The third kappa shape index (κ3) is 2.50. The lowest BCUT2D eigenvalue weighted by molar-refractivity contribution is -0.150. The molecule has 1 aliphatic heterocycles. The molecular weight excluding hydrogens is 228 g/mol. The zero-order valence-electron chi connectivity index (χ0n) is 11.4. The Morgan fingerprint density at radius 3 is 2.67 bits per heavy atom. The van der Waals surface area contributed by atoms with Crippen LogP contribution in [-0.2, 0) is 14.3 Å². The Morgan fingerprint density at radius 2 is 1.94 bits per heavy atom. The maximum absolute atomic E-state index is 12.3. The van der Waals surface area contributed by atoms with Crippen LogP contribution in [0.15, 0.2) is 11.6 Å². The minimum absolute atomic E-state index is 0.0160. The second-order valence-corrected chi connectivity index (χ2v) is 5.78. The molecule has 0 radical (unpaired) electrons. The van der Waals surface area contributed by atoms with E-state index < -0.39 is 6.10 Å². The van der Waals surface area contributed by atoms with Crippen molar-refractivity contribution < 1.29 is 14.3 Å². The second-order valence-electron chi connectivity index (χ2n) is 5.78. The van der Waals surface area contributed by atoms with Crippen LogP contribution in [-0.4, -0.2) is 17.9 Å². The van der Waals surface area contributed by atoms with Gasteiger partial charge in [0.1, 0.15) is 0 Å². The van der Waals surface area contributed by atoms with Crippen LogP contribution in [0.4, 0.5) is 0 Å². The smallest absolute Gasteiger partial charge is 0.309 e. The fourth-order valence-corrected chi connectivity index (χ4v) is 2.93. The molecule has 4 atom stereocenters. The lowest BCUT2D eigenvalue weighted by Gasteiger charge is -2.22. The highest BCUT2D eigenvalue weighted by molar-refractivity contribution is 5.90. The molecule has 0 bridgehead atoms. The fourth-order valence-electron chi connectivity index (χ4n) is 2.93. The van der Waals surface area contributed by atoms with Crippen LogP contribution in [0, 0.1) is 17.8 Å². The van der Waals surface area contributed by atoms with Crippen molar-refractivity contribution in [3.63, 3.8) is 0 Å². The van der Waals surface area contributed by atoms with Gasteiger partial charge < -0.3 is 4.74 Å². The monoisotopic (exact) mass is 250 g/mol. The number of fused-ring (bicyclic) bond motifs is 1. The zero-order valence-corrected chi connectivity index (χ0v) is 11.4. The molecule has 0 aromatic heterocycles. The van der Waals surface area contributed by atoms with E-state index in [4.69, 9.17) is 4.74 Å². The van der Waals surface area contributed by atoms with Crippen molar-refractivity contribution in [2.45, 2.75) is 52.6 Å². The van der Waals surface area contributed by atoms with E-state index in [9.17, 15) is 9.59 Å². The van der Waals surface area contributed by atoms with Crippen molar-refractivity contribution in [1.82, 2.24) is 0 Å². The first-order valence-electron chi connectivity index (χ1n) is 6.90. The molecule has 1 fully saturated rings. The molecule has 3 nitrogen and oxygen atoms in total. The topological polar surface area (TPSA) is 43.4 Å². The molecule has 3 heteroatoms. The van der Waals surface area contributed by atoms with Crippen LogP contribution in [0.3, 0.4) is 0 Å². The summed E-state index contributed by atoms with van der Waals surface area (Å²) in [5.41, 5.74) is 1.36. The predicted molar refractivity (Wildman–Crippen MR) is 68.9 cm³/mol. The molecular formula is C15H22O3. The summed E-state index contributed by atoms with van der Waals surface area (Å²) >= 11 is 0. The van der Waals surface area contributed by atoms with Gasteiger partial charge in [0.05, 0.1) is 5.92 Å². The number of hydrogen-bond donors (Lipinski definition) is 0. The van der Waals surface area contributed by atoms with E-state index in [1.54, 1.807) is 0 Å². The van der Waals surface area contributed by atoms with Crippen molar-refractivity contribution in [3.8, 4) is 0 Å². The summed E-state index contributed by atoms with van der Waals surface area (Å²) in [6, 6.07) is 0. The third-order valence-electron chi connectivity index (χ3n) is 4.38. The summed E-state index contributed by atoms with van der Waals surface area (Å²) < 4.78 is 5.32. The van der Waals surface area contributed by atoms with Gasteiger partial charge in [-0.3, -0.25) is 9.59 Å². The highest BCUT2D eigenvalue weighted by Crippen LogP contribution is 2.35. The highest BCUT2D eigenvalue weighted by atomic mass is 16.6. The Kier molecular flexibility index (Phi) is 3.88. The summed E-state index contributed by atoms with van der Waals surface area (Å²) in [6.07, 6.45) is 5.37. The van der Waals surface area contributed by atoms with Gasteiger partial charge in [-0.25, -0.2) is 0 Å². The number of ketones is 1. The molecule has 0 amide bonds. The molecule has 0 saturated carbocycles. The first kappa shape index (κ1) is 13.3. The van der Waals surface area contributed by atoms with E-state index in [0.717, 1.165) is 25.7 Å². The van der Waals surface area contributed by atoms with Gasteiger partial charge in [-0.15, -0.1) is 0 Å². The van der Waals surface area contributed by atoms with E-state index >= 15 is 0 Å². The summed E-state index contributed by atoms with van der Waals surface area (Å²) in [5, 5.41) is 0. The normalized spacial score (nSPS) is 40.7. The van der Waals surface area contributed by atoms with E-state index in [2.05, 4.69) is 13.0 Å². The van der Waals surface area contributed by atoms with E-state index in [1.807, 2.05) is 13.8 Å². The van der Waals surface area contributed by atoms with Crippen molar-refractivity contribution in [3.05, 3.63) is 11.6 Å². The van der Waals surface area contributed by atoms with Gasteiger partial charge in [0.15, 0.2) is 11.9 Å². The molecule has 2 rings (SSSR count). The van der Waals surface area contributed by atoms with Gasteiger partial charge in [0.2, 0.25) is 0 Å². The summed E-state index contributed by atoms with van der Waals surface area (Å²) in [6.45, 7) is 5.96. The number of esters is 1. The van der Waals surface area contributed by atoms with Crippen LogP contribution < -0.4 is 0 Å². The van der Waals surface area contributed by atoms with Gasteiger partial charge in [-0.2, -0.15) is 0 Å². The molecule has 0 spiro atoms. The molecule has 1 heterocycles. The summed E-state index contributed by atoms with van der Waals surface area (Å²) in [7, 11) is 0. The number of allylic oxidation sites excluding steroid dienone is 2. The molecule has 1 saturated heterocycles. The first-order chi connectivity index (χ1) is 8.50. The van der Waals surface area contributed by atoms with Crippen LogP contribution in [0.1, 0.15) is 46.5 Å². The molecule has 18 heavy (non-hydrogen) atoms. The number of carbonyl (C=O) groups is 2. The van der Waals surface area contributed by atoms with Crippen LogP contribution in [0.5, 0.6) is 0 Å². The average Bonchev–Trinajstić information content (AvgIpc) is 2.61. The van der Waals surface area contributed by atoms with Crippen molar-refractivity contribution in [2.24, 2.45) is 17.8 Å². The number of Topliss-reactive ketones (excluding diaryl/α,β-unsaturated/α-hetero) is 1. The summed E-state index contributed by atoms with van der Waals surface area (Å²) in [4.78, 5) is 24.0. The number of carbonyl (C=O) groups excluding carboxylic acids is 2. The Balaban J connectivity index is 2.23. The maximum atomic E-state index is 12.3. The van der Waals surface area contributed by atoms with Gasteiger partial charge in [0.25, 0.3) is 0 Å². The predicted octanol–water partition coefficient (Wildman–Crippen LogP) is 2.89. The second kappa shape index (κ2) is 5.25. The van der Waals surface area contributed by atoms with Crippen LogP contribution in [0.25, 0.3) is 0 Å². The molecule has 0 aromatic carbocycles. The third-order valence-corrected chi connectivity index (χ3v) is 4.38. The quantitative estimate of drug-likeness (QED) is 0.490. The van der Waals surface area contributed by atoms with E-state index in [1.165, 1.54) is 5.57 Å². The van der Waals surface area contributed by atoms with E-state index in [0.29, 0.717) is 0 Å². The van der Waals surface area contributed by atoms with Gasteiger partial charge in [-0.05, 0) is 32.6 Å². The number of hydrogen-bond acceptors (Lipinski definition) is 3. The molecule has 0 unspecified atom stereocenters. The maximum Gasteiger partial charge on any atom is 0.309 e. The Labute approximate surface area is 109 Å². The zero-order chi connectivity index (χ0) is 13.3. The molecule has 0 N–H and O–H groups in total.